The summed E-state index contributed by atoms with van der Waals surface area (Å²) in [5.74, 6) is -3.05. The van der Waals surface area contributed by atoms with E-state index in [4.69, 9.17) is 4.74 Å². The van der Waals surface area contributed by atoms with E-state index in [-0.39, 0.29) is 35.8 Å². The van der Waals surface area contributed by atoms with Crippen LogP contribution in [0.15, 0.2) is 12.1 Å². The van der Waals surface area contributed by atoms with Crippen molar-refractivity contribution in [1.82, 2.24) is 10.2 Å². The van der Waals surface area contributed by atoms with Gasteiger partial charge in [0.25, 0.3) is 11.8 Å². The normalized spacial score (nSPS) is 22.9. The third kappa shape index (κ3) is 3.39. The Morgan fingerprint density at radius 2 is 1.72 bits per heavy atom. The summed E-state index contributed by atoms with van der Waals surface area (Å²) >= 11 is 0. The van der Waals surface area contributed by atoms with Crippen LogP contribution in [0.3, 0.4) is 0 Å². The van der Waals surface area contributed by atoms with Crippen LogP contribution in [0.5, 0.6) is 0 Å². The molecular weight excluding hydrogens is 381 g/mol. The van der Waals surface area contributed by atoms with E-state index < -0.39 is 35.5 Å². The summed E-state index contributed by atoms with van der Waals surface area (Å²) in [7, 11) is 0. The van der Waals surface area contributed by atoms with E-state index in [0.717, 1.165) is 23.8 Å². The van der Waals surface area contributed by atoms with Crippen molar-refractivity contribution in [1.29, 1.82) is 0 Å². The zero-order chi connectivity index (χ0) is 20.7. The molecule has 4 rings (SSSR count). The van der Waals surface area contributed by atoms with Crippen LogP contribution < -0.4 is 10.2 Å². The largest absolute Gasteiger partial charge is 0.378 e. The van der Waals surface area contributed by atoms with Crippen molar-refractivity contribution in [2.75, 3.05) is 24.6 Å². The van der Waals surface area contributed by atoms with Gasteiger partial charge in [-0.2, -0.15) is 0 Å². The van der Waals surface area contributed by atoms with Crippen LogP contribution in [0.1, 0.15) is 53.3 Å². The molecule has 1 N–H and O–H groups in total. The third-order valence-corrected chi connectivity index (χ3v) is 5.69. The molecule has 1 unspecified atom stereocenters. The zero-order valence-electron chi connectivity index (χ0n) is 16.1. The van der Waals surface area contributed by atoms with E-state index in [9.17, 15) is 23.6 Å². The highest BCUT2D eigenvalue weighted by Gasteiger charge is 2.45. The Balaban J connectivity index is 1.58. The second-order valence-corrected chi connectivity index (χ2v) is 7.44. The van der Waals surface area contributed by atoms with Gasteiger partial charge >= 0.3 is 0 Å². The van der Waals surface area contributed by atoms with Gasteiger partial charge in [-0.15, -0.1) is 0 Å². The number of ether oxygens (including phenoxy) is 1. The molecule has 2 saturated heterocycles. The Kier molecular flexibility index (Phi) is 5.08. The molecule has 0 saturated carbocycles. The first-order valence-corrected chi connectivity index (χ1v) is 9.82. The molecule has 8 nitrogen and oxygen atoms in total. The molecule has 0 spiro atoms. The van der Waals surface area contributed by atoms with Crippen LogP contribution in [0, 0.1) is 5.82 Å². The molecular formula is C20H22FN3O5. The van der Waals surface area contributed by atoms with Gasteiger partial charge in [0.15, 0.2) is 0 Å². The molecule has 3 heterocycles. The van der Waals surface area contributed by atoms with Crippen molar-refractivity contribution in [3.05, 3.63) is 29.1 Å². The van der Waals surface area contributed by atoms with Crippen LogP contribution in [-0.4, -0.2) is 60.4 Å². The smallest absolute Gasteiger partial charge is 0.262 e. The lowest BCUT2D eigenvalue weighted by atomic mass is 10.0. The van der Waals surface area contributed by atoms with Gasteiger partial charge in [0, 0.05) is 26.1 Å². The minimum atomic E-state index is -1.06. The maximum atomic E-state index is 14.8. The van der Waals surface area contributed by atoms with Crippen molar-refractivity contribution in [2.45, 2.75) is 44.8 Å². The second kappa shape index (κ2) is 7.55. The Morgan fingerprint density at radius 1 is 1.07 bits per heavy atom. The van der Waals surface area contributed by atoms with Gasteiger partial charge in [-0.05, 0) is 38.3 Å². The number of piperidine rings is 2. The van der Waals surface area contributed by atoms with E-state index in [1.165, 1.54) is 6.07 Å². The maximum Gasteiger partial charge on any atom is 0.262 e. The Bertz CT molecular complexity index is 894. The standard InChI is InChI=1S/C20H22FN3O5/c1-2-29-11-5-7-23(8-6-11)16-10-13-12(9-14(16)21)19(27)24(20(13)28)15-3-4-17(25)22-18(15)26/h9-11,15H,2-8H2,1H3,(H,22,25,26). The highest BCUT2D eigenvalue weighted by atomic mass is 19.1. The maximum absolute atomic E-state index is 14.8. The fraction of sp³-hybridized carbons (Fsp3) is 0.500. The third-order valence-electron chi connectivity index (χ3n) is 5.69. The second-order valence-electron chi connectivity index (χ2n) is 7.44. The lowest BCUT2D eigenvalue weighted by Gasteiger charge is -2.33. The molecule has 0 aromatic heterocycles. The van der Waals surface area contributed by atoms with E-state index in [1.54, 1.807) is 0 Å². The number of nitrogens with one attached hydrogen (secondary N) is 1. The predicted octanol–water partition coefficient (Wildman–Crippen LogP) is 1.23. The van der Waals surface area contributed by atoms with E-state index in [2.05, 4.69) is 5.32 Å². The number of amides is 4. The summed E-state index contributed by atoms with van der Waals surface area (Å²) in [4.78, 5) is 51.8. The summed E-state index contributed by atoms with van der Waals surface area (Å²) in [6.45, 7) is 3.73. The van der Waals surface area contributed by atoms with Gasteiger partial charge in [0.05, 0.1) is 22.9 Å². The molecule has 0 bridgehead atoms. The van der Waals surface area contributed by atoms with Gasteiger partial charge in [0.1, 0.15) is 11.9 Å². The predicted molar refractivity (Wildman–Crippen MR) is 99.9 cm³/mol. The van der Waals surface area contributed by atoms with E-state index in [0.29, 0.717) is 19.7 Å². The molecule has 0 aliphatic carbocycles. The minimum absolute atomic E-state index is 0.0399. The number of hydrogen-bond donors (Lipinski definition) is 1. The van der Waals surface area contributed by atoms with Gasteiger partial charge in [-0.25, -0.2) is 4.39 Å². The van der Waals surface area contributed by atoms with E-state index >= 15 is 0 Å². The van der Waals surface area contributed by atoms with E-state index in [1.807, 2.05) is 11.8 Å². The van der Waals surface area contributed by atoms with Crippen molar-refractivity contribution in [2.24, 2.45) is 0 Å². The molecule has 1 aromatic carbocycles. The molecule has 4 amide bonds. The number of halogens is 1. The summed E-state index contributed by atoms with van der Waals surface area (Å²) in [6.07, 6.45) is 1.74. The first kappa shape index (κ1) is 19.5. The molecule has 0 radical (unpaired) electrons. The van der Waals surface area contributed by atoms with Gasteiger partial charge in [-0.3, -0.25) is 29.4 Å². The molecule has 1 aromatic rings. The highest BCUT2D eigenvalue weighted by Crippen LogP contribution is 2.33. The fourth-order valence-electron chi connectivity index (χ4n) is 4.22. The number of hydrogen-bond acceptors (Lipinski definition) is 6. The average Bonchev–Trinajstić information content (AvgIpc) is 2.92. The quantitative estimate of drug-likeness (QED) is 0.760. The molecule has 1 atom stereocenters. The number of fused-ring (bicyclic) bond motifs is 1. The molecule has 3 aliphatic rings. The molecule has 29 heavy (non-hydrogen) atoms. The molecule has 9 heteroatoms. The van der Waals surface area contributed by atoms with Gasteiger partial charge < -0.3 is 9.64 Å². The summed E-state index contributed by atoms with van der Waals surface area (Å²) < 4.78 is 20.4. The fourth-order valence-corrected chi connectivity index (χ4v) is 4.22. The van der Waals surface area contributed by atoms with Crippen LogP contribution >= 0.6 is 0 Å². The highest BCUT2D eigenvalue weighted by molar-refractivity contribution is 6.23. The molecule has 2 fully saturated rings. The number of carbonyl (C=O) groups is 4. The van der Waals surface area contributed by atoms with Crippen LogP contribution in [0.4, 0.5) is 10.1 Å². The monoisotopic (exact) mass is 403 g/mol. The lowest BCUT2D eigenvalue weighted by Crippen LogP contribution is -2.54. The molecule has 3 aliphatic heterocycles. The number of rotatable bonds is 4. The Labute approximate surface area is 167 Å². The Hall–Kier alpha value is -2.81. The van der Waals surface area contributed by atoms with Crippen LogP contribution in [0.25, 0.3) is 0 Å². The number of nitrogens with zero attached hydrogens (tertiary/aromatic N) is 2. The number of benzene rings is 1. The summed E-state index contributed by atoms with van der Waals surface area (Å²) in [6, 6.07) is 1.41. The minimum Gasteiger partial charge on any atom is -0.378 e. The average molecular weight is 403 g/mol. The van der Waals surface area contributed by atoms with Crippen LogP contribution in [-0.2, 0) is 14.3 Å². The first-order chi connectivity index (χ1) is 13.9. The van der Waals surface area contributed by atoms with Gasteiger partial charge in [0.2, 0.25) is 11.8 Å². The zero-order valence-corrected chi connectivity index (χ0v) is 16.1. The van der Waals surface area contributed by atoms with Gasteiger partial charge in [-0.1, -0.05) is 0 Å². The number of imide groups is 2. The first-order valence-electron chi connectivity index (χ1n) is 9.82. The molecule has 154 valence electrons. The number of anilines is 1. The van der Waals surface area contributed by atoms with Crippen LogP contribution in [0.2, 0.25) is 0 Å². The number of carbonyl (C=O) groups excluding carboxylic acids is 4. The van der Waals surface area contributed by atoms with Crippen molar-refractivity contribution >= 4 is 29.3 Å². The topological polar surface area (TPSA) is 96.0 Å². The lowest BCUT2D eigenvalue weighted by molar-refractivity contribution is -0.136. The Morgan fingerprint density at radius 3 is 2.34 bits per heavy atom. The summed E-state index contributed by atoms with van der Waals surface area (Å²) in [5.41, 5.74) is 0.304. The SMILES string of the molecule is CCOC1CCN(c2cc3c(cc2F)C(=O)N(C2CCC(=O)NC2=O)C3=O)CC1. The van der Waals surface area contributed by atoms with Crippen molar-refractivity contribution in [3.8, 4) is 0 Å². The van der Waals surface area contributed by atoms with Crippen molar-refractivity contribution < 1.29 is 28.3 Å². The van der Waals surface area contributed by atoms with Crippen molar-refractivity contribution in [3.63, 3.8) is 0 Å². The summed E-state index contributed by atoms with van der Waals surface area (Å²) in [5, 5.41) is 2.14.